The average Bonchev–Trinajstić information content (AvgIpc) is 1.82. The van der Waals surface area contributed by atoms with Crippen LogP contribution in [0, 0.1) is 11.8 Å². The van der Waals surface area contributed by atoms with Gasteiger partial charge in [0.15, 0.2) is 5.96 Å². The van der Waals surface area contributed by atoms with Crippen molar-refractivity contribution in [2.24, 2.45) is 57.0 Å². The molecule has 33 nitrogen and oxygen atoms in total. The lowest BCUT2D eigenvalue weighted by atomic mass is 9.99. The molecule has 2 saturated heterocycles. The zero-order valence-corrected chi connectivity index (χ0v) is 58.1. The minimum Gasteiger partial charge on any atom is -0.370 e. The van der Waals surface area contributed by atoms with Crippen LogP contribution in [-0.4, -0.2) is 195 Å². The molecule has 1 aromatic heterocycles. The van der Waals surface area contributed by atoms with Gasteiger partial charge in [0.1, 0.15) is 60.4 Å². The molecule has 0 saturated carbocycles. The Balaban J connectivity index is 1.40. The van der Waals surface area contributed by atoms with Crippen LogP contribution in [0.4, 0.5) is 0 Å². The summed E-state index contributed by atoms with van der Waals surface area (Å²) in [6.45, 7) is 8.21. The van der Waals surface area contributed by atoms with E-state index in [0.717, 1.165) is 0 Å². The predicted octanol–water partition coefficient (Wildman–Crippen LogP) is -3.08. The van der Waals surface area contributed by atoms with Gasteiger partial charge in [0, 0.05) is 63.6 Å². The molecule has 33 heteroatoms. The molecule has 0 unspecified atom stereocenters. The fourth-order valence-corrected chi connectivity index (χ4v) is 12.1. The lowest BCUT2D eigenvalue weighted by Crippen LogP contribution is -2.61. The summed E-state index contributed by atoms with van der Waals surface area (Å²) >= 11 is 0. The SMILES string of the molecule is CC(C)C[C@H](NC(=O)[C@H](CC(C)C)NC(=O)[C@@H](Cc1cnc[nH]1)NC(=O)[C@H](Cc1ccccc1)NC(=O)[C@@H](Cc1ccccc1)NC(=O)[C@H](CCC(N)=O)NC(=O)[C@H](CCC(N)=O)NC(=O)[C@H]1CCCN1C(=O)[C@H](CCCCN)NC(=O)[C@H]1CCCN1C(=O)[C@H](N)CCCN=C(N)N)C(N)=O. The van der Waals surface area contributed by atoms with Gasteiger partial charge in [0.25, 0.3) is 0 Å². The quantitative estimate of drug-likeness (QED) is 0.0152. The summed E-state index contributed by atoms with van der Waals surface area (Å²) in [5.41, 5.74) is 41.2. The van der Waals surface area contributed by atoms with Crippen molar-refractivity contribution in [3.63, 3.8) is 0 Å². The van der Waals surface area contributed by atoms with Crippen LogP contribution in [-0.2, 0) is 81.6 Å². The number of guanidine groups is 1. The third-order valence-electron chi connectivity index (χ3n) is 17.3. The fraction of sp³-hybridized carbons (Fsp3) is 0.574. The molecule has 3 aromatic rings. The maximum Gasteiger partial charge on any atom is 0.245 e. The zero-order valence-electron chi connectivity index (χ0n) is 58.1. The summed E-state index contributed by atoms with van der Waals surface area (Å²) in [6.07, 6.45) is 3.67. The number of amides is 13. The molecule has 3 heterocycles. The number of aliphatic imine (C=N–C) groups is 1. The van der Waals surface area contributed by atoms with E-state index < -0.39 is 169 Å². The van der Waals surface area contributed by atoms with Crippen molar-refractivity contribution in [2.45, 2.75) is 210 Å². The number of aromatic nitrogens is 2. The fourth-order valence-electron chi connectivity index (χ4n) is 12.1. The third-order valence-corrected chi connectivity index (χ3v) is 17.3. The second-order valence-corrected chi connectivity index (χ2v) is 26.5. The van der Waals surface area contributed by atoms with E-state index in [1.807, 2.05) is 27.7 Å². The summed E-state index contributed by atoms with van der Waals surface area (Å²) < 4.78 is 0. The maximum absolute atomic E-state index is 15.0. The topological polar surface area (TPSA) is 548 Å². The second kappa shape index (κ2) is 41.5. The number of carbonyl (C=O) groups excluding carboxylic acids is 13. The Kier molecular flexibility index (Phi) is 33.5. The van der Waals surface area contributed by atoms with E-state index in [-0.39, 0.29) is 95.3 Å². The van der Waals surface area contributed by atoms with E-state index in [1.54, 1.807) is 60.7 Å². The number of nitrogens with one attached hydrogen (secondary N) is 9. The molecule has 554 valence electrons. The van der Waals surface area contributed by atoms with Gasteiger partial charge in [-0.25, -0.2) is 4.98 Å². The highest BCUT2D eigenvalue weighted by atomic mass is 16.2. The summed E-state index contributed by atoms with van der Waals surface area (Å²) in [5, 5.41) is 21.6. The monoisotopic (exact) mass is 1410 g/mol. The predicted molar refractivity (Wildman–Crippen MR) is 373 cm³/mol. The first-order valence-corrected chi connectivity index (χ1v) is 34.5. The van der Waals surface area contributed by atoms with Crippen molar-refractivity contribution in [3.8, 4) is 0 Å². The molecular formula is C68H104N20O13. The number of primary amides is 3. The van der Waals surface area contributed by atoms with Crippen LogP contribution in [0.2, 0.25) is 0 Å². The number of aromatic amines is 1. The highest BCUT2D eigenvalue weighted by molar-refractivity contribution is 6.00. The summed E-state index contributed by atoms with van der Waals surface area (Å²) in [6, 6.07) is 2.77. The van der Waals surface area contributed by atoms with Gasteiger partial charge in [0.2, 0.25) is 76.8 Å². The molecule has 23 N–H and O–H groups in total. The number of H-pyrrole nitrogens is 1. The van der Waals surface area contributed by atoms with Crippen LogP contribution >= 0.6 is 0 Å². The van der Waals surface area contributed by atoms with Gasteiger partial charge in [-0.2, -0.15) is 0 Å². The van der Waals surface area contributed by atoms with E-state index in [1.165, 1.54) is 22.3 Å². The first-order valence-electron chi connectivity index (χ1n) is 34.5. The van der Waals surface area contributed by atoms with Gasteiger partial charge >= 0.3 is 0 Å². The molecule has 11 atom stereocenters. The van der Waals surface area contributed by atoms with Crippen molar-refractivity contribution in [1.82, 2.24) is 62.3 Å². The lowest BCUT2D eigenvalue weighted by molar-refractivity contribution is -0.144. The highest BCUT2D eigenvalue weighted by Crippen LogP contribution is 2.24. The van der Waals surface area contributed by atoms with Crippen molar-refractivity contribution >= 4 is 82.8 Å². The molecule has 0 radical (unpaired) electrons. The van der Waals surface area contributed by atoms with E-state index in [9.17, 15) is 57.5 Å². The Bertz CT molecular complexity index is 3300. The van der Waals surface area contributed by atoms with E-state index in [0.29, 0.717) is 55.3 Å². The van der Waals surface area contributed by atoms with Crippen LogP contribution in [0.25, 0.3) is 0 Å². The average molecular weight is 1410 g/mol. The Morgan fingerprint density at radius 3 is 1.39 bits per heavy atom. The van der Waals surface area contributed by atoms with Crippen LogP contribution in [0.3, 0.4) is 0 Å². The third kappa shape index (κ3) is 27.5. The molecule has 2 fully saturated rings. The zero-order chi connectivity index (χ0) is 74.3. The van der Waals surface area contributed by atoms with E-state index >= 15 is 4.79 Å². The first kappa shape index (κ1) is 81.6. The molecule has 5 rings (SSSR count). The van der Waals surface area contributed by atoms with Crippen LogP contribution in [0.15, 0.2) is 78.2 Å². The molecule has 2 aromatic carbocycles. The Morgan fingerprint density at radius 1 is 0.505 bits per heavy atom. The molecule has 13 amide bonds. The lowest BCUT2D eigenvalue weighted by Gasteiger charge is -2.32. The van der Waals surface area contributed by atoms with Crippen molar-refractivity contribution in [3.05, 3.63) is 90.0 Å². The highest BCUT2D eigenvalue weighted by Gasteiger charge is 2.43. The summed E-state index contributed by atoms with van der Waals surface area (Å²) in [7, 11) is 0. The number of hydrogen-bond acceptors (Lipinski definition) is 17. The van der Waals surface area contributed by atoms with Gasteiger partial charge in [0.05, 0.1) is 12.4 Å². The van der Waals surface area contributed by atoms with Crippen molar-refractivity contribution in [2.75, 3.05) is 26.2 Å². The molecule has 0 spiro atoms. The Labute approximate surface area is 588 Å². The van der Waals surface area contributed by atoms with Crippen molar-refractivity contribution < 1.29 is 62.3 Å². The van der Waals surface area contributed by atoms with E-state index in [4.69, 9.17) is 40.1 Å². The molecule has 2 aliphatic heterocycles. The number of imidazole rings is 1. The van der Waals surface area contributed by atoms with Gasteiger partial charge in [-0.15, -0.1) is 0 Å². The number of hydrogen-bond donors (Lipinski definition) is 16. The molecule has 0 aliphatic carbocycles. The Morgan fingerprint density at radius 2 is 0.931 bits per heavy atom. The minimum absolute atomic E-state index is 0.0267. The van der Waals surface area contributed by atoms with Gasteiger partial charge in [-0.3, -0.25) is 67.3 Å². The number of benzene rings is 2. The molecule has 101 heavy (non-hydrogen) atoms. The smallest absolute Gasteiger partial charge is 0.245 e. The molecule has 2 aliphatic rings. The van der Waals surface area contributed by atoms with Gasteiger partial charge < -0.3 is 97.5 Å². The van der Waals surface area contributed by atoms with Crippen LogP contribution in [0.1, 0.15) is 141 Å². The minimum atomic E-state index is -1.67. The van der Waals surface area contributed by atoms with E-state index in [2.05, 4.69) is 57.5 Å². The normalized spacial score (nSPS) is 16.9. The number of carbonyl (C=O) groups is 13. The molecule has 0 bridgehead atoms. The van der Waals surface area contributed by atoms with Crippen LogP contribution in [0.5, 0.6) is 0 Å². The number of nitrogens with two attached hydrogens (primary N) is 7. The number of unbranched alkanes of at least 4 members (excludes halogenated alkanes) is 1. The van der Waals surface area contributed by atoms with Gasteiger partial charge in [-0.05, 0) is 113 Å². The molecular weight excluding hydrogens is 1300 g/mol. The van der Waals surface area contributed by atoms with Gasteiger partial charge in [-0.1, -0.05) is 88.4 Å². The summed E-state index contributed by atoms with van der Waals surface area (Å²) in [4.78, 5) is 195. The number of likely N-dealkylation sites (tertiary alicyclic amines) is 2. The standard InChI is InChI=1S/C68H104N20O13/c1-39(2)32-48(57(73)91)82-60(94)49(33-40(3)4)83-63(97)52(36-43-37-76-38-78-43)86-62(96)51(35-42-18-9-6-10-19-42)85-61(95)50(34-41-16-7-5-8-17-41)84-59(93)45(24-26-55(71)89)79-58(92)46(25-27-56(72)90)80-64(98)54-23-15-31-88(54)67(101)47(21-11-12-28-69)81-65(99)53-22-14-30-87(53)66(100)44(70)20-13-29-77-68(74)75/h5-10,16-19,37-40,44-54H,11-15,20-36,69-70H2,1-4H3,(H2,71,89)(H2,72,90)(H2,73,91)(H,76,78)(H,79,92)(H,80,98)(H,81,99)(H,82,94)(H,83,97)(H,84,93)(H,85,95)(H,86,96)(H4,74,75,77)/t44-,45+,46+,47+,48+,49+,50-,51+,52-,53-,54-/m1/s1. The second-order valence-electron chi connectivity index (χ2n) is 26.5. The van der Waals surface area contributed by atoms with Crippen LogP contribution < -0.4 is 82.7 Å². The van der Waals surface area contributed by atoms with Crippen molar-refractivity contribution in [1.29, 1.82) is 0 Å². The number of rotatable bonds is 43. The Hall–Kier alpha value is -10.0. The first-order chi connectivity index (χ1) is 48.0. The largest absolute Gasteiger partial charge is 0.370 e. The maximum atomic E-state index is 15.0. The summed E-state index contributed by atoms with van der Waals surface area (Å²) in [5.74, 6) is -10.6. The number of nitrogens with zero attached hydrogens (tertiary/aromatic N) is 4.